The highest BCUT2D eigenvalue weighted by Gasteiger charge is 2.14. The zero-order chi connectivity index (χ0) is 8.55. The van der Waals surface area contributed by atoms with Crippen LogP contribution in [0.1, 0.15) is 17.0 Å². The molecule has 0 bridgehead atoms. The SMILES string of the molecule is N#Cc1cc(C2C=C2)ccc1F. The van der Waals surface area contributed by atoms with E-state index < -0.39 is 5.82 Å². The molecule has 0 atom stereocenters. The molecular weight excluding hydrogens is 153 g/mol. The first-order valence-corrected chi connectivity index (χ1v) is 3.69. The molecule has 2 heteroatoms. The molecule has 0 fully saturated rings. The fraction of sp³-hybridized carbons (Fsp3) is 0.100. The fourth-order valence-electron chi connectivity index (χ4n) is 1.11. The number of allylic oxidation sites excluding steroid dienone is 2. The van der Waals surface area contributed by atoms with E-state index in [-0.39, 0.29) is 5.56 Å². The minimum absolute atomic E-state index is 0.126. The van der Waals surface area contributed by atoms with Crippen LogP contribution in [0, 0.1) is 17.1 Å². The molecule has 1 nitrogen and oxygen atoms in total. The standard InChI is InChI=1S/C10H6FN/c11-10-4-3-8(7-1-2-7)5-9(10)6-12/h1-5,7H. The third-order valence-electron chi connectivity index (χ3n) is 1.88. The van der Waals surface area contributed by atoms with Gasteiger partial charge in [-0.25, -0.2) is 4.39 Å². The average molecular weight is 159 g/mol. The number of hydrogen-bond donors (Lipinski definition) is 0. The van der Waals surface area contributed by atoms with Gasteiger partial charge in [0.2, 0.25) is 0 Å². The lowest BCUT2D eigenvalue weighted by Gasteiger charge is -1.98. The molecule has 0 saturated heterocycles. The molecule has 0 N–H and O–H groups in total. The van der Waals surface area contributed by atoms with Crippen LogP contribution in [0.15, 0.2) is 30.4 Å². The lowest BCUT2D eigenvalue weighted by atomic mass is 10.1. The molecule has 0 spiro atoms. The first-order chi connectivity index (χ1) is 5.81. The van der Waals surface area contributed by atoms with Crippen LogP contribution in [0.3, 0.4) is 0 Å². The topological polar surface area (TPSA) is 23.8 Å². The zero-order valence-electron chi connectivity index (χ0n) is 6.29. The maximum absolute atomic E-state index is 12.8. The third-order valence-corrected chi connectivity index (χ3v) is 1.88. The van der Waals surface area contributed by atoms with Crippen molar-refractivity contribution in [2.24, 2.45) is 0 Å². The van der Waals surface area contributed by atoms with Gasteiger partial charge in [-0.2, -0.15) is 5.26 Å². The second-order valence-corrected chi connectivity index (χ2v) is 2.76. The van der Waals surface area contributed by atoms with Crippen molar-refractivity contribution in [3.63, 3.8) is 0 Å². The highest BCUT2D eigenvalue weighted by molar-refractivity contribution is 5.43. The van der Waals surface area contributed by atoms with Crippen LogP contribution in [0.2, 0.25) is 0 Å². The van der Waals surface area contributed by atoms with Crippen molar-refractivity contribution in [3.8, 4) is 6.07 Å². The van der Waals surface area contributed by atoms with Crippen LogP contribution in [-0.4, -0.2) is 0 Å². The summed E-state index contributed by atoms with van der Waals surface area (Å²) in [5, 5.41) is 8.53. The summed E-state index contributed by atoms with van der Waals surface area (Å²) < 4.78 is 12.8. The second kappa shape index (κ2) is 2.46. The molecule has 0 radical (unpaired) electrons. The molecule has 12 heavy (non-hydrogen) atoms. The van der Waals surface area contributed by atoms with Crippen LogP contribution in [0.5, 0.6) is 0 Å². The maximum atomic E-state index is 12.8. The second-order valence-electron chi connectivity index (χ2n) is 2.76. The van der Waals surface area contributed by atoms with E-state index in [4.69, 9.17) is 5.26 Å². The van der Waals surface area contributed by atoms with Crippen LogP contribution in [0.25, 0.3) is 0 Å². The maximum Gasteiger partial charge on any atom is 0.140 e. The summed E-state index contributed by atoms with van der Waals surface area (Å²) in [6.07, 6.45) is 4.02. The number of rotatable bonds is 1. The number of benzene rings is 1. The van der Waals surface area contributed by atoms with Gasteiger partial charge in [0.15, 0.2) is 0 Å². The first-order valence-electron chi connectivity index (χ1n) is 3.69. The third kappa shape index (κ3) is 1.10. The minimum atomic E-state index is -0.443. The Labute approximate surface area is 69.8 Å². The largest absolute Gasteiger partial charge is 0.206 e. The quantitative estimate of drug-likeness (QED) is 0.577. The normalized spacial score (nSPS) is 14.3. The highest BCUT2D eigenvalue weighted by atomic mass is 19.1. The van der Waals surface area contributed by atoms with Gasteiger partial charge < -0.3 is 0 Å². The van der Waals surface area contributed by atoms with E-state index >= 15 is 0 Å². The molecule has 0 heterocycles. The molecule has 2 rings (SSSR count). The summed E-state index contributed by atoms with van der Waals surface area (Å²) in [6.45, 7) is 0. The first kappa shape index (κ1) is 7.05. The van der Waals surface area contributed by atoms with Crippen molar-refractivity contribution in [1.82, 2.24) is 0 Å². The van der Waals surface area contributed by atoms with Gasteiger partial charge in [-0.1, -0.05) is 18.2 Å². The van der Waals surface area contributed by atoms with Gasteiger partial charge in [0, 0.05) is 5.92 Å². The lowest BCUT2D eigenvalue weighted by molar-refractivity contribution is 0.623. The monoisotopic (exact) mass is 159 g/mol. The summed E-state index contributed by atoms with van der Waals surface area (Å²) >= 11 is 0. The Morgan fingerprint density at radius 3 is 2.67 bits per heavy atom. The molecule has 0 saturated carbocycles. The molecule has 0 unspecified atom stereocenters. The number of nitriles is 1. The average Bonchev–Trinajstić information content (AvgIpc) is 2.88. The van der Waals surface area contributed by atoms with Crippen LogP contribution < -0.4 is 0 Å². The van der Waals surface area contributed by atoms with E-state index in [0.717, 1.165) is 5.56 Å². The van der Waals surface area contributed by atoms with Crippen molar-refractivity contribution in [2.75, 3.05) is 0 Å². The smallest absolute Gasteiger partial charge is 0.140 e. The zero-order valence-corrected chi connectivity index (χ0v) is 6.29. The summed E-state index contributed by atoms with van der Waals surface area (Å²) in [7, 11) is 0. The summed E-state index contributed by atoms with van der Waals surface area (Å²) in [6, 6.07) is 6.46. The van der Waals surface area contributed by atoms with Crippen LogP contribution >= 0.6 is 0 Å². The van der Waals surface area contributed by atoms with Crippen molar-refractivity contribution >= 4 is 0 Å². The lowest BCUT2D eigenvalue weighted by Crippen LogP contribution is -1.87. The van der Waals surface area contributed by atoms with Gasteiger partial charge in [0.1, 0.15) is 11.9 Å². The Hall–Kier alpha value is -1.62. The van der Waals surface area contributed by atoms with E-state index in [1.165, 1.54) is 6.07 Å². The molecule has 0 aromatic heterocycles. The summed E-state index contributed by atoms with van der Waals surface area (Å²) in [5.74, 6) is -0.111. The number of nitrogens with zero attached hydrogens (tertiary/aromatic N) is 1. The molecule has 0 amide bonds. The molecular formula is C10H6FN. The van der Waals surface area contributed by atoms with Crippen molar-refractivity contribution < 1.29 is 4.39 Å². The van der Waals surface area contributed by atoms with Crippen molar-refractivity contribution in [3.05, 3.63) is 47.3 Å². The van der Waals surface area contributed by atoms with Gasteiger partial charge >= 0.3 is 0 Å². The number of halogens is 1. The van der Waals surface area contributed by atoms with Gasteiger partial charge in [0.25, 0.3) is 0 Å². The van der Waals surface area contributed by atoms with E-state index in [1.807, 2.05) is 18.2 Å². The molecule has 1 aliphatic carbocycles. The van der Waals surface area contributed by atoms with Crippen LogP contribution in [0.4, 0.5) is 4.39 Å². The Bertz CT molecular complexity index is 381. The minimum Gasteiger partial charge on any atom is -0.206 e. The molecule has 1 aromatic carbocycles. The molecule has 0 aliphatic heterocycles. The van der Waals surface area contributed by atoms with Gasteiger partial charge in [-0.3, -0.25) is 0 Å². The van der Waals surface area contributed by atoms with Gasteiger partial charge in [0.05, 0.1) is 5.56 Å². The fourth-order valence-corrected chi connectivity index (χ4v) is 1.11. The van der Waals surface area contributed by atoms with Crippen molar-refractivity contribution in [1.29, 1.82) is 5.26 Å². The summed E-state index contributed by atoms with van der Waals surface area (Å²) in [4.78, 5) is 0. The predicted octanol–water partition coefficient (Wildman–Crippen LogP) is 2.35. The van der Waals surface area contributed by atoms with E-state index in [2.05, 4.69) is 0 Å². The summed E-state index contributed by atoms with van der Waals surface area (Å²) in [5.41, 5.74) is 1.12. The Morgan fingerprint density at radius 1 is 1.33 bits per heavy atom. The predicted molar refractivity (Wildman–Crippen MR) is 43.0 cm³/mol. The van der Waals surface area contributed by atoms with Gasteiger partial charge in [-0.15, -0.1) is 0 Å². The van der Waals surface area contributed by atoms with E-state index in [0.29, 0.717) is 5.92 Å². The Kier molecular flexibility index (Phi) is 1.44. The molecule has 58 valence electrons. The van der Waals surface area contributed by atoms with Gasteiger partial charge in [-0.05, 0) is 17.7 Å². The van der Waals surface area contributed by atoms with E-state index in [9.17, 15) is 4.39 Å². The molecule has 1 aliphatic rings. The Balaban J connectivity index is 2.42. The molecule has 1 aromatic rings. The van der Waals surface area contributed by atoms with Crippen molar-refractivity contribution in [2.45, 2.75) is 5.92 Å². The highest BCUT2D eigenvalue weighted by Crippen LogP contribution is 2.30. The van der Waals surface area contributed by atoms with Crippen LogP contribution in [-0.2, 0) is 0 Å². The Morgan fingerprint density at radius 2 is 2.08 bits per heavy atom. The van der Waals surface area contributed by atoms with E-state index in [1.54, 1.807) is 12.1 Å². The number of hydrogen-bond acceptors (Lipinski definition) is 1.